The molecule has 0 atom stereocenters. The summed E-state index contributed by atoms with van der Waals surface area (Å²) < 4.78 is 44.4. The Morgan fingerprint density at radius 3 is 2.67 bits per heavy atom. The molecule has 0 N–H and O–H groups in total. The normalized spacial score (nSPS) is 17.6. The number of carbonyl (C=O) groups is 1. The van der Waals surface area contributed by atoms with Gasteiger partial charge in [0.1, 0.15) is 6.61 Å². The zero-order valence-corrected chi connectivity index (χ0v) is 9.83. The van der Waals surface area contributed by atoms with E-state index in [1.165, 1.54) is 4.68 Å². The van der Waals surface area contributed by atoms with E-state index < -0.39 is 23.8 Å². The lowest BCUT2D eigenvalue weighted by atomic mass is 9.99. The number of aryl methyl sites for hydroxylation is 1. The molecule has 0 bridgehead atoms. The van der Waals surface area contributed by atoms with E-state index in [-0.39, 0.29) is 25.3 Å². The van der Waals surface area contributed by atoms with Gasteiger partial charge in [-0.1, -0.05) is 0 Å². The molecule has 0 spiro atoms. The van der Waals surface area contributed by atoms with Crippen LogP contribution in [-0.2, 0) is 11.8 Å². The summed E-state index contributed by atoms with van der Waals surface area (Å²) in [6.07, 6.45) is -3.10. The maximum Gasteiger partial charge on any atom is 0.394 e. The molecule has 1 aliphatic rings. The first-order valence-corrected chi connectivity index (χ1v) is 5.53. The van der Waals surface area contributed by atoms with Gasteiger partial charge in [0.05, 0.1) is 5.41 Å². The zero-order valence-electron chi connectivity index (χ0n) is 9.83. The molecule has 0 unspecified atom stereocenters. The molecule has 2 rings (SSSR count). The minimum Gasteiger partial charge on any atom is -0.469 e. The third-order valence-electron chi connectivity index (χ3n) is 3.06. The Balaban J connectivity index is 1.83. The maximum absolute atomic E-state index is 12.6. The summed E-state index contributed by atoms with van der Waals surface area (Å²) in [7, 11) is 1.68. The van der Waals surface area contributed by atoms with E-state index >= 15 is 0 Å². The molecule has 1 fully saturated rings. The van der Waals surface area contributed by atoms with Crippen molar-refractivity contribution in [2.75, 3.05) is 6.61 Å². The summed E-state index contributed by atoms with van der Waals surface area (Å²) in [5.74, 6) is -0.307. The topological polar surface area (TPSA) is 44.1 Å². The molecule has 1 heterocycles. The first kappa shape index (κ1) is 12.9. The number of hydrogen-bond acceptors (Lipinski definition) is 3. The Morgan fingerprint density at radius 2 is 2.22 bits per heavy atom. The van der Waals surface area contributed by atoms with Crippen LogP contribution in [0.4, 0.5) is 13.2 Å². The molecule has 18 heavy (non-hydrogen) atoms. The Kier molecular flexibility index (Phi) is 3.08. The highest BCUT2D eigenvalue weighted by molar-refractivity contribution is 5.81. The molecular formula is C11H13F3N2O2. The molecule has 100 valence electrons. The molecule has 0 saturated heterocycles. The van der Waals surface area contributed by atoms with E-state index in [1.807, 2.05) is 0 Å². The van der Waals surface area contributed by atoms with Gasteiger partial charge in [0.15, 0.2) is 5.78 Å². The monoisotopic (exact) mass is 262 g/mol. The van der Waals surface area contributed by atoms with Gasteiger partial charge in [-0.15, -0.1) is 5.10 Å². The van der Waals surface area contributed by atoms with Crippen LogP contribution in [0.15, 0.2) is 12.3 Å². The Morgan fingerprint density at radius 1 is 1.56 bits per heavy atom. The average molecular weight is 262 g/mol. The average Bonchev–Trinajstić information content (AvgIpc) is 2.92. The second-order valence-corrected chi connectivity index (χ2v) is 4.61. The number of rotatable bonds is 5. The smallest absolute Gasteiger partial charge is 0.394 e. The highest BCUT2D eigenvalue weighted by Gasteiger charge is 2.63. The summed E-state index contributed by atoms with van der Waals surface area (Å²) in [5, 5.41) is 3.86. The van der Waals surface area contributed by atoms with Crippen LogP contribution < -0.4 is 4.74 Å². The van der Waals surface area contributed by atoms with Crippen LogP contribution in [0.2, 0.25) is 0 Å². The molecule has 0 aliphatic heterocycles. The van der Waals surface area contributed by atoms with Crippen molar-refractivity contribution in [3.63, 3.8) is 0 Å². The van der Waals surface area contributed by atoms with Crippen molar-refractivity contribution < 1.29 is 22.7 Å². The fourth-order valence-electron chi connectivity index (χ4n) is 1.76. The first-order valence-electron chi connectivity index (χ1n) is 5.53. The summed E-state index contributed by atoms with van der Waals surface area (Å²) in [5.41, 5.74) is -1.79. The summed E-state index contributed by atoms with van der Waals surface area (Å²) in [6.45, 7) is -0.366. The van der Waals surface area contributed by atoms with Gasteiger partial charge in [0, 0.05) is 25.7 Å². The first-order chi connectivity index (χ1) is 8.32. The number of carbonyl (C=O) groups excluding carboxylic acids is 1. The van der Waals surface area contributed by atoms with Crippen molar-refractivity contribution in [1.82, 2.24) is 9.78 Å². The number of alkyl halides is 3. The molecule has 0 amide bonds. The van der Waals surface area contributed by atoms with Crippen LogP contribution in [-0.4, -0.2) is 28.3 Å². The van der Waals surface area contributed by atoms with E-state index in [0.717, 1.165) is 0 Å². The lowest BCUT2D eigenvalue weighted by molar-refractivity contribution is -0.190. The van der Waals surface area contributed by atoms with Crippen molar-refractivity contribution in [2.45, 2.75) is 25.4 Å². The third-order valence-corrected chi connectivity index (χ3v) is 3.06. The number of Topliss-reactive ketones (excluding diaryl/α,β-unsaturated/α-hetero) is 1. The highest BCUT2D eigenvalue weighted by Crippen LogP contribution is 2.59. The predicted octanol–water partition coefficient (Wildman–Crippen LogP) is 2.10. The largest absolute Gasteiger partial charge is 0.469 e. The van der Waals surface area contributed by atoms with Gasteiger partial charge in [-0.3, -0.25) is 9.48 Å². The fraction of sp³-hybridized carbons (Fsp3) is 0.636. The minimum absolute atomic E-state index is 0.0336. The van der Waals surface area contributed by atoms with Gasteiger partial charge in [0.2, 0.25) is 5.88 Å². The van der Waals surface area contributed by atoms with E-state index in [1.54, 1.807) is 19.3 Å². The number of ether oxygens (including phenoxy) is 1. The Hall–Kier alpha value is -1.53. The van der Waals surface area contributed by atoms with E-state index in [2.05, 4.69) is 5.10 Å². The van der Waals surface area contributed by atoms with Crippen molar-refractivity contribution in [3.05, 3.63) is 12.3 Å². The van der Waals surface area contributed by atoms with Crippen molar-refractivity contribution in [2.24, 2.45) is 12.5 Å². The van der Waals surface area contributed by atoms with Gasteiger partial charge in [-0.25, -0.2) is 0 Å². The summed E-state index contributed by atoms with van der Waals surface area (Å²) in [6, 6.07) is 1.55. The standard InChI is InChI=1S/C11H13F3N2O2/c1-16-5-2-9(15-16)18-7-8(17)6-10(3-4-10)11(12,13)14/h2,5H,3-4,6-7H2,1H3. The number of hydrogen-bond donors (Lipinski definition) is 0. The molecule has 1 saturated carbocycles. The van der Waals surface area contributed by atoms with Gasteiger partial charge in [-0.05, 0) is 12.8 Å². The maximum atomic E-state index is 12.6. The van der Waals surface area contributed by atoms with Crippen molar-refractivity contribution in [3.8, 4) is 5.88 Å². The molecule has 0 aromatic carbocycles. The summed E-state index contributed by atoms with van der Waals surface area (Å²) in [4.78, 5) is 11.5. The van der Waals surface area contributed by atoms with E-state index in [9.17, 15) is 18.0 Å². The molecule has 0 radical (unpaired) electrons. The molecule has 4 nitrogen and oxygen atoms in total. The van der Waals surface area contributed by atoms with E-state index in [4.69, 9.17) is 4.74 Å². The van der Waals surface area contributed by atoms with Crippen LogP contribution in [0.5, 0.6) is 5.88 Å². The van der Waals surface area contributed by atoms with Crippen LogP contribution in [0, 0.1) is 5.41 Å². The SMILES string of the molecule is Cn1ccc(OCC(=O)CC2(C(F)(F)F)CC2)n1. The van der Waals surface area contributed by atoms with Gasteiger partial charge >= 0.3 is 6.18 Å². The lowest BCUT2D eigenvalue weighted by Gasteiger charge is -2.17. The number of ketones is 1. The van der Waals surface area contributed by atoms with Crippen LogP contribution in [0.25, 0.3) is 0 Å². The van der Waals surface area contributed by atoms with E-state index in [0.29, 0.717) is 0 Å². The zero-order chi connectivity index (χ0) is 13.4. The van der Waals surface area contributed by atoms with Gasteiger partial charge in [-0.2, -0.15) is 13.2 Å². The van der Waals surface area contributed by atoms with Crippen LogP contribution in [0.3, 0.4) is 0 Å². The quantitative estimate of drug-likeness (QED) is 0.816. The summed E-state index contributed by atoms with van der Waals surface area (Å²) >= 11 is 0. The highest BCUT2D eigenvalue weighted by atomic mass is 19.4. The van der Waals surface area contributed by atoms with Crippen molar-refractivity contribution >= 4 is 5.78 Å². The Labute approximate surface area is 102 Å². The lowest BCUT2D eigenvalue weighted by Crippen LogP contribution is -2.29. The third kappa shape index (κ3) is 2.65. The number of nitrogens with zero attached hydrogens (tertiary/aromatic N) is 2. The minimum atomic E-state index is -4.30. The number of aromatic nitrogens is 2. The fourth-order valence-corrected chi connectivity index (χ4v) is 1.76. The molecular weight excluding hydrogens is 249 g/mol. The van der Waals surface area contributed by atoms with Gasteiger partial charge in [0.25, 0.3) is 0 Å². The van der Waals surface area contributed by atoms with Crippen molar-refractivity contribution in [1.29, 1.82) is 0 Å². The second-order valence-electron chi connectivity index (χ2n) is 4.61. The molecule has 7 heteroatoms. The van der Waals surface area contributed by atoms with Gasteiger partial charge < -0.3 is 4.74 Å². The van der Waals surface area contributed by atoms with Crippen LogP contribution in [0.1, 0.15) is 19.3 Å². The van der Waals surface area contributed by atoms with Crippen LogP contribution >= 0.6 is 0 Å². The number of halogens is 3. The predicted molar refractivity (Wildman–Crippen MR) is 56.0 cm³/mol. The molecule has 1 aromatic heterocycles. The molecule has 1 aromatic rings. The second kappa shape index (κ2) is 4.29. The Bertz CT molecular complexity index is 449. The molecule has 1 aliphatic carbocycles.